The van der Waals surface area contributed by atoms with Crippen molar-refractivity contribution in [3.8, 4) is 0 Å². The van der Waals surface area contributed by atoms with Crippen LogP contribution >= 0.6 is 8.46 Å². The lowest BCUT2D eigenvalue weighted by Gasteiger charge is -2.31. The molecule has 0 amide bonds. The van der Waals surface area contributed by atoms with E-state index in [1.54, 1.807) is 0 Å². The third-order valence-corrected chi connectivity index (χ3v) is 3.39. The first-order chi connectivity index (χ1) is 5.17. The third kappa shape index (κ3) is 2.25. The molecule has 0 heterocycles. The van der Waals surface area contributed by atoms with Gasteiger partial charge in [-0.3, -0.25) is 4.57 Å². The van der Waals surface area contributed by atoms with Crippen molar-refractivity contribution < 1.29 is 4.57 Å². The zero-order valence-corrected chi connectivity index (χ0v) is 7.94. The summed E-state index contributed by atoms with van der Waals surface area (Å²) in [6.07, 6.45) is 6.15. The van der Waals surface area contributed by atoms with Gasteiger partial charge in [-0.2, -0.15) is 0 Å². The second kappa shape index (κ2) is 3.64. The van der Waals surface area contributed by atoms with Crippen LogP contribution in [0, 0.1) is 5.92 Å². The quantitative estimate of drug-likeness (QED) is 0.652. The van der Waals surface area contributed by atoms with Crippen molar-refractivity contribution >= 4 is 8.46 Å². The molecule has 0 unspecified atom stereocenters. The molecule has 0 spiro atoms. The molecule has 0 bridgehead atoms. The van der Waals surface area contributed by atoms with Crippen molar-refractivity contribution in [2.45, 2.75) is 44.3 Å². The summed E-state index contributed by atoms with van der Waals surface area (Å²) in [5, 5.41) is -0.472. The molecule has 2 N–H and O–H groups in total. The fourth-order valence-corrected chi connectivity index (χ4v) is 2.17. The maximum Gasteiger partial charge on any atom is 0.177 e. The Balaban J connectivity index is 2.50. The molecule has 0 aromatic carbocycles. The summed E-state index contributed by atoms with van der Waals surface area (Å²) < 4.78 is 10.7. The molecule has 0 aliphatic heterocycles. The lowest BCUT2D eigenvalue weighted by Crippen LogP contribution is -2.39. The predicted molar refractivity (Wildman–Crippen MR) is 46.8 cm³/mol. The molecule has 11 heavy (non-hydrogen) atoms. The highest BCUT2D eigenvalue weighted by molar-refractivity contribution is 7.25. The Bertz CT molecular complexity index is 141. The number of nitrogens with two attached hydrogens (primary N) is 1. The van der Waals surface area contributed by atoms with Crippen LogP contribution in [0.15, 0.2) is 0 Å². The van der Waals surface area contributed by atoms with E-state index in [0.717, 1.165) is 12.8 Å². The number of hydrogen-bond donors (Lipinski definition) is 1. The molecule has 0 aromatic rings. The van der Waals surface area contributed by atoms with Crippen molar-refractivity contribution in [2.75, 3.05) is 0 Å². The van der Waals surface area contributed by atoms with Gasteiger partial charge in [0.25, 0.3) is 0 Å². The molecule has 1 aliphatic carbocycles. The van der Waals surface area contributed by atoms with Gasteiger partial charge in [0, 0.05) is 0 Å². The average Bonchev–Trinajstić information content (AvgIpc) is 2.06. The van der Waals surface area contributed by atoms with E-state index in [4.69, 9.17) is 5.73 Å². The van der Waals surface area contributed by atoms with Gasteiger partial charge in [0.1, 0.15) is 0 Å². The third-order valence-electron chi connectivity index (χ3n) is 2.63. The van der Waals surface area contributed by atoms with Gasteiger partial charge in [-0.15, -0.1) is 0 Å². The van der Waals surface area contributed by atoms with E-state index in [9.17, 15) is 4.57 Å². The number of hydrogen-bond acceptors (Lipinski definition) is 2. The second-order valence-corrected chi connectivity index (χ2v) is 4.80. The minimum Gasteiger partial charge on any atom is -0.316 e. The van der Waals surface area contributed by atoms with Crippen LogP contribution < -0.4 is 5.73 Å². The van der Waals surface area contributed by atoms with Gasteiger partial charge in [-0.1, -0.05) is 19.3 Å². The molecule has 2 nitrogen and oxygen atoms in total. The van der Waals surface area contributed by atoms with Crippen LogP contribution in [0.5, 0.6) is 0 Å². The molecule has 1 rings (SSSR count). The second-order valence-electron chi connectivity index (χ2n) is 3.65. The fraction of sp³-hybridized carbons (Fsp3) is 1.00. The Kier molecular flexibility index (Phi) is 3.03. The van der Waals surface area contributed by atoms with Crippen LogP contribution in [0.3, 0.4) is 0 Å². The van der Waals surface area contributed by atoms with Crippen LogP contribution in [0.1, 0.15) is 39.0 Å². The van der Waals surface area contributed by atoms with Gasteiger partial charge in [0.15, 0.2) is 8.46 Å². The normalized spacial score (nSPS) is 26.7. The van der Waals surface area contributed by atoms with E-state index < -0.39 is 5.28 Å². The molecule has 1 aliphatic rings. The van der Waals surface area contributed by atoms with Gasteiger partial charge >= 0.3 is 0 Å². The predicted octanol–water partition coefficient (Wildman–Crippen LogP) is 2.53. The zero-order chi connectivity index (χ0) is 8.32. The van der Waals surface area contributed by atoms with Gasteiger partial charge in [0.2, 0.25) is 0 Å². The first-order valence-electron chi connectivity index (χ1n) is 4.30. The zero-order valence-electron chi connectivity index (χ0n) is 7.05. The van der Waals surface area contributed by atoms with Crippen LogP contribution in [0.2, 0.25) is 0 Å². The van der Waals surface area contributed by atoms with Crippen molar-refractivity contribution in [2.24, 2.45) is 11.7 Å². The Labute approximate surface area is 69.7 Å². The SMILES string of the molecule is C[C@@](N)(P=O)C1CCCCC1. The maximum absolute atomic E-state index is 10.7. The standard InChI is InChI=1S/C8H16NOP/c1-8(9,11-10)7-5-3-2-4-6-7/h7H,2-6,9H2,1H3/t8-/m1/s1. The Morgan fingerprint density at radius 1 is 1.36 bits per heavy atom. The van der Waals surface area contributed by atoms with Crippen molar-refractivity contribution in [1.82, 2.24) is 0 Å². The summed E-state index contributed by atoms with van der Waals surface area (Å²) in [7, 11) is 0.102. The molecule has 1 atom stereocenters. The minimum atomic E-state index is -0.472. The fourth-order valence-electron chi connectivity index (χ4n) is 1.76. The topological polar surface area (TPSA) is 43.1 Å². The van der Waals surface area contributed by atoms with Gasteiger partial charge in [0.05, 0.1) is 5.28 Å². The minimum absolute atomic E-state index is 0.102. The molecule has 0 radical (unpaired) electrons. The van der Waals surface area contributed by atoms with Gasteiger partial charge < -0.3 is 5.73 Å². The highest BCUT2D eigenvalue weighted by Crippen LogP contribution is 2.36. The van der Waals surface area contributed by atoms with Crippen LogP contribution in [0.4, 0.5) is 0 Å². The molecule has 1 saturated carbocycles. The Morgan fingerprint density at radius 2 is 1.91 bits per heavy atom. The molecule has 3 heteroatoms. The van der Waals surface area contributed by atoms with Gasteiger partial charge in [-0.25, -0.2) is 0 Å². The lowest BCUT2D eigenvalue weighted by molar-refractivity contribution is 0.289. The van der Waals surface area contributed by atoms with E-state index >= 15 is 0 Å². The number of rotatable bonds is 2. The van der Waals surface area contributed by atoms with Crippen LogP contribution in [0.25, 0.3) is 0 Å². The van der Waals surface area contributed by atoms with Gasteiger partial charge in [-0.05, 0) is 25.7 Å². The van der Waals surface area contributed by atoms with E-state index in [0.29, 0.717) is 5.92 Å². The summed E-state index contributed by atoms with van der Waals surface area (Å²) in [4.78, 5) is 0. The summed E-state index contributed by atoms with van der Waals surface area (Å²) in [5.41, 5.74) is 5.87. The first-order valence-corrected chi connectivity index (χ1v) is 5.11. The van der Waals surface area contributed by atoms with E-state index in [1.807, 2.05) is 6.92 Å². The van der Waals surface area contributed by atoms with E-state index in [2.05, 4.69) is 0 Å². The van der Waals surface area contributed by atoms with Crippen molar-refractivity contribution in [1.29, 1.82) is 0 Å². The van der Waals surface area contributed by atoms with E-state index in [-0.39, 0.29) is 8.46 Å². The van der Waals surface area contributed by atoms with Crippen molar-refractivity contribution in [3.05, 3.63) is 0 Å². The highest BCUT2D eigenvalue weighted by atomic mass is 31.1. The molecular formula is C8H16NOP. The molecular weight excluding hydrogens is 157 g/mol. The summed E-state index contributed by atoms with van der Waals surface area (Å²) >= 11 is 0. The Morgan fingerprint density at radius 3 is 2.36 bits per heavy atom. The molecule has 0 aromatic heterocycles. The molecule has 64 valence electrons. The smallest absolute Gasteiger partial charge is 0.177 e. The highest BCUT2D eigenvalue weighted by Gasteiger charge is 2.31. The molecule has 0 saturated heterocycles. The first kappa shape index (κ1) is 9.15. The summed E-state index contributed by atoms with van der Waals surface area (Å²) in [5.74, 6) is 0.468. The van der Waals surface area contributed by atoms with E-state index in [1.165, 1.54) is 19.3 Å². The molecule has 1 fully saturated rings. The largest absolute Gasteiger partial charge is 0.316 e. The summed E-state index contributed by atoms with van der Waals surface area (Å²) in [6, 6.07) is 0. The van der Waals surface area contributed by atoms with Crippen LogP contribution in [-0.2, 0) is 4.57 Å². The monoisotopic (exact) mass is 173 g/mol. The van der Waals surface area contributed by atoms with Crippen LogP contribution in [-0.4, -0.2) is 5.28 Å². The van der Waals surface area contributed by atoms with Crippen molar-refractivity contribution in [3.63, 3.8) is 0 Å². The maximum atomic E-state index is 10.7. The lowest BCUT2D eigenvalue weighted by atomic mass is 9.84. The Hall–Kier alpha value is 0.0600. The average molecular weight is 173 g/mol. The summed E-state index contributed by atoms with van der Waals surface area (Å²) in [6.45, 7) is 1.89.